The van der Waals surface area contributed by atoms with Crippen molar-refractivity contribution in [2.24, 2.45) is 0 Å². The van der Waals surface area contributed by atoms with Gasteiger partial charge < -0.3 is 19.0 Å². The van der Waals surface area contributed by atoms with Gasteiger partial charge in [-0.2, -0.15) is 0 Å². The van der Waals surface area contributed by atoms with Crippen LogP contribution in [0.4, 0.5) is 0 Å². The van der Waals surface area contributed by atoms with Crippen molar-refractivity contribution in [3.8, 4) is 0 Å². The minimum Gasteiger partial charge on any atom is -0.500 e. The topological polar surface area (TPSA) is 78.9 Å². The molecule has 0 saturated carbocycles. The number of benzene rings is 9. The summed E-state index contributed by atoms with van der Waals surface area (Å²) in [5.41, 5.74) is 10.8. The van der Waals surface area contributed by atoms with Gasteiger partial charge in [-0.05, 0) is 117 Å². The fraction of sp³-hybridized carbons (Fsp3) is 0.287. The molecule has 0 fully saturated rings. The standard InChI is InChI=1S/2C18H18O2.C14H17O2.2C14H12.8C2H6.2W/c1-18(2,16-11-7-4-8-12-16)20-17(19)14-13-15-9-5-3-6-10-15;1-4-14-10-12-15(13-11-14)17(19)20-18(2,3)16-8-6-5-7-9-16;1-6-11-7-8-12(10(2)9-11)13(15)16-14(3,4)5;1-12(13-8-4-2-5-9-13)14-10-6-3-7-11-14;1-3-7-13(8-4-1)11-12-14-9-5-2-6-10-14;8*1-2;;/h3-14H,1-2H3;4-13H,1H2,2-3H3;6-7,9H,1H2,2-5H3;2-11H,1H2;1-12H;8*1-2H3;;/q;;-1;;;;;;;;;;;;/b14-13+;;;;12-11+;;;;;;;;;;. The van der Waals surface area contributed by atoms with Crippen LogP contribution in [0.2, 0.25) is 0 Å². The summed E-state index contributed by atoms with van der Waals surface area (Å²) in [5, 5.41) is 0. The van der Waals surface area contributed by atoms with Crippen molar-refractivity contribution in [2.45, 2.75) is 183 Å². The van der Waals surface area contributed by atoms with Gasteiger partial charge in [0.2, 0.25) is 0 Å². The van der Waals surface area contributed by atoms with E-state index in [2.05, 4.69) is 86.5 Å². The summed E-state index contributed by atoms with van der Waals surface area (Å²) in [6, 6.07) is 84.0. The van der Waals surface area contributed by atoms with E-state index in [-0.39, 0.29) is 60.0 Å². The minimum atomic E-state index is -0.657. The summed E-state index contributed by atoms with van der Waals surface area (Å²) < 4.78 is 16.4. The molecule has 0 aliphatic carbocycles. The average Bonchev–Trinajstić information content (AvgIpc) is 0.856. The zero-order valence-electron chi connectivity index (χ0n) is 66.5. The fourth-order valence-electron chi connectivity index (χ4n) is 7.92. The van der Waals surface area contributed by atoms with Crippen LogP contribution in [0.25, 0.3) is 36.0 Å². The molecule has 6 nitrogen and oxygen atoms in total. The number of carbonyl (C=O) groups is 3. The Morgan fingerprint density at radius 1 is 0.353 bits per heavy atom. The summed E-state index contributed by atoms with van der Waals surface area (Å²) in [6.07, 6.45) is 10.9. The molecule has 0 aliphatic heterocycles. The van der Waals surface area contributed by atoms with Crippen LogP contribution in [-0.4, -0.2) is 23.5 Å². The van der Waals surface area contributed by atoms with Gasteiger partial charge in [-0.1, -0.05) is 379 Å². The second kappa shape index (κ2) is 65.8. The van der Waals surface area contributed by atoms with E-state index in [4.69, 9.17) is 14.2 Å². The van der Waals surface area contributed by atoms with Crippen LogP contribution in [0.1, 0.15) is 236 Å². The molecule has 0 amide bonds. The van der Waals surface area contributed by atoms with Crippen LogP contribution >= 0.6 is 0 Å². The number of hydrogen-bond donors (Lipinski definition) is 0. The number of aryl methyl sites for hydroxylation is 1. The maximum absolute atomic E-state index is 12.2. The van der Waals surface area contributed by atoms with Gasteiger partial charge in [0.25, 0.3) is 5.97 Å². The van der Waals surface area contributed by atoms with E-state index in [0.29, 0.717) is 11.1 Å². The largest absolute Gasteiger partial charge is 0.500 e. The molecular formula is C94H125O6W2-. The van der Waals surface area contributed by atoms with Gasteiger partial charge in [0.05, 0.1) is 11.2 Å². The fourth-order valence-corrected chi connectivity index (χ4v) is 7.92. The first-order valence-electron chi connectivity index (χ1n) is 35.8. The molecule has 0 N–H and O–H groups in total. The Morgan fingerprint density at radius 3 is 0.971 bits per heavy atom. The molecule has 102 heavy (non-hydrogen) atoms. The minimum absolute atomic E-state index is 0. The smallest absolute Gasteiger partial charge is 0.338 e. The molecule has 0 unspecified atom stereocenters. The van der Waals surface area contributed by atoms with Gasteiger partial charge in [-0.25, -0.2) is 9.59 Å². The van der Waals surface area contributed by atoms with Gasteiger partial charge >= 0.3 is 11.9 Å². The van der Waals surface area contributed by atoms with E-state index in [0.717, 1.165) is 39.0 Å². The number of carbonyl (C=O) groups excluding carboxylic acids is 3. The van der Waals surface area contributed by atoms with E-state index in [1.165, 1.54) is 28.3 Å². The molecule has 0 atom stereocenters. The number of ether oxygens (including phenoxy) is 3. The van der Waals surface area contributed by atoms with Gasteiger partial charge in [-0.15, -0.1) is 42.0 Å². The zero-order chi connectivity index (χ0) is 76.8. The van der Waals surface area contributed by atoms with Crippen LogP contribution < -0.4 is 0 Å². The molecule has 0 heterocycles. The Hall–Kier alpha value is -8.53. The second-order valence-corrected chi connectivity index (χ2v) is 21.2. The Kier molecular flexibility index (Phi) is 67.3. The maximum Gasteiger partial charge on any atom is 0.338 e. The van der Waals surface area contributed by atoms with Crippen molar-refractivity contribution in [3.05, 3.63) is 347 Å². The van der Waals surface area contributed by atoms with Crippen LogP contribution in [0.15, 0.2) is 275 Å². The Labute approximate surface area is 650 Å². The molecule has 550 valence electrons. The van der Waals surface area contributed by atoms with E-state index in [9.17, 15) is 14.4 Å². The normalized spacial score (nSPS) is 9.37. The van der Waals surface area contributed by atoms with Crippen molar-refractivity contribution in [2.75, 3.05) is 0 Å². The van der Waals surface area contributed by atoms with Crippen LogP contribution in [0.3, 0.4) is 0 Å². The van der Waals surface area contributed by atoms with Crippen LogP contribution in [0.5, 0.6) is 0 Å². The van der Waals surface area contributed by atoms with Crippen molar-refractivity contribution in [3.63, 3.8) is 0 Å². The Morgan fingerprint density at radius 2 is 0.657 bits per heavy atom. The third-order valence-electron chi connectivity index (χ3n) is 12.5. The molecule has 0 aliphatic rings. The Bertz CT molecular complexity index is 3440. The van der Waals surface area contributed by atoms with Crippen molar-refractivity contribution in [1.29, 1.82) is 0 Å². The SMILES string of the molecule is C(=C\c1ccccc1)/c1ccccc1.C=C(c1ccccc1)c1ccccc1.C=Cc1c[c-]c(C(=O)OC(C)(C)C)c(C)c1.C=Cc1ccc(C(=O)OC(C)(C)c2ccccc2)cc1.CC.CC.CC.CC.CC.CC.CC.CC.CC(C)(OC(=O)/C=C/c1ccccc1)c1ccccc1.[W].[W]. The molecule has 9 rings (SSSR count). The maximum atomic E-state index is 12.2. The first-order chi connectivity index (χ1) is 48.3. The summed E-state index contributed by atoms with van der Waals surface area (Å²) >= 11 is 0. The molecule has 0 bridgehead atoms. The van der Waals surface area contributed by atoms with E-state index in [1.54, 1.807) is 36.4 Å². The van der Waals surface area contributed by atoms with Crippen molar-refractivity contribution in [1.82, 2.24) is 0 Å². The molecule has 0 saturated heterocycles. The van der Waals surface area contributed by atoms with Gasteiger partial charge in [-0.3, -0.25) is 0 Å². The molecule has 9 aromatic rings. The van der Waals surface area contributed by atoms with Gasteiger partial charge in [0.15, 0.2) is 0 Å². The number of rotatable bonds is 14. The zero-order valence-corrected chi connectivity index (χ0v) is 72.4. The molecular weight excluding hydrogens is 1590 g/mol. The summed E-state index contributed by atoms with van der Waals surface area (Å²) in [6.45, 7) is 58.4. The summed E-state index contributed by atoms with van der Waals surface area (Å²) in [4.78, 5) is 35.9. The molecule has 9 aromatic carbocycles. The van der Waals surface area contributed by atoms with Gasteiger partial charge in [0.1, 0.15) is 11.2 Å². The second-order valence-electron chi connectivity index (χ2n) is 21.2. The van der Waals surface area contributed by atoms with Crippen molar-refractivity contribution < 1.29 is 70.7 Å². The third kappa shape index (κ3) is 46.1. The molecule has 0 radical (unpaired) electrons. The molecule has 0 aromatic heterocycles. The predicted octanol–water partition coefficient (Wildman–Crippen LogP) is 27.8. The summed E-state index contributed by atoms with van der Waals surface area (Å²) in [5.74, 6) is -1.00. The molecule has 8 heteroatoms. The Balaban J connectivity index is -0.000000269. The van der Waals surface area contributed by atoms with Crippen LogP contribution in [-0.2, 0) is 72.3 Å². The predicted molar refractivity (Wildman–Crippen MR) is 441 cm³/mol. The molecule has 0 spiro atoms. The number of esters is 3. The first kappa shape index (κ1) is 104. The summed E-state index contributed by atoms with van der Waals surface area (Å²) in [7, 11) is 0. The quantitative estimate of drug-likeness (QED) is 0.0355. The van der Waals surface area contributed by atoms with E-state index in [1.807, 2.05) is 348 Å². The number of hydrogen-bond acceptors (Lipinski definition) is 6. The van der Waals surface area contributed by atoms with Crippen LogP contribution in [0, 0.1) is 13.0 Å². The average molecular weight is 1720 g/mol. The van der Waals surface area contributed by atoms with E-state index >= 15 is 0 Å². The van der Waals surface area contributed by atoms with Gasteiger partial charge in [0, 0.05) is 48.2 Å². The first-order valence-corrected chi connectivity index (χ1v) is 35.8. The van der Waals surface area contributed by atoms with Crippen molar-refractivity contribution >= 4 is 53.9 Å². The third-order valence-corrected chi connectivity index (χ3v) is 12.5. The van der Waals surface area contributed by atoms with E-state index < -0.39 is 16.8 Å². The monoisotopic (exact) mass is 1720 g/mol.